The average Bonchev–Trinajstić information content (AvgIpc) is 2.31. The van der Waals surface area contributed by atoms with E-state index in [-0.39, 0.29) is 5.56 Å². The number of ether oxygens (including phenoxy) is 1. The molecule has 78 valence electrons. The van der Waals surface area contributed by atoms with Crippen LogP contribution in [0.25, 0.3) is 0 Å². The van der Waals surface area contributed by atoms with Crippen LogP contribution in [0.5, 0.6) is 5.75 Å². The van der Waals surface area contributed by atoms with Gasteiger partial charge in [-0.25, -0.2) is 4.79 Å². The molecular weight excluding hydrogens is 204 g/mol. The van der Waals surface area contributed by atoms with Gasteiger partial charge in [-0.3, -0.25) is 0 Å². The number of allylic oxidation sites excluding steroid dienone is 5. The van der Waals surface area contributed by atoms with Gasteiger partial charge in [-0.1, -0.05) is 0 Å². The van der Waals surface area contributed by atoms with Crippen LogP contribution in [0.15, 0.2) is 54.3 Å². The third-order valence-electron chi connectivity index (χ3n) is 2.02. The van der Waals surface area contributed by atoms with Crippen LogP contribution in [0.3, 0.4) is 0 Å². The lowest BCUT2D eigenvalue weighted by Gasteiger charge is -2.03. The quantitative estimate of drug-likeness (QED) is 0.785. The number of hydrogen-bond donors (Lipinski definition) is 1. The molecule has 0 fully saturated rings. The molecule has 0 saturated heterocycles. The normalized spacial score (nSPS) is 12.9. The van der Waals surface area contributed by atoms with E-state index in [1.807, 2.05) is 0 Å². The van der Waals surface area contributed by atoms with Crippen molar-refractivity contribution in [1.29, 1.82) is 0 Å². The molecule has 1 aliphatic rings. The Morgan fingerprint density at radius 2 is 2.00 bits per heavy atom. The van der Waals surface area contributed by atoms with Gasteiger partial charge in [0.15, 0.2) is 0 Å². The maximum Gasteiger partial charge on any atom is 0.335 e. The lowest BCUT2D eigenvalue weighted by molar-refractivity contribution is 0.0697. The van der Waals surface area contributed by atoms with Crippen molar-refractivity contribution in [2.75, 3.05) is 0 Å². The molecule has 1 aromatic rings. The minimum absolute atomic E-state index is 0.244. The van der Waals surface area contributed by atoms with E-state index >= 15 is 0 Å². The zero-order valence-corrected chi connectivity index (χ0v) is 8.38. The summed E-state index contributed by atoms with van der Waals surface area (Å²) >= 11 is 0. The molecule has 0 amide bonds. The number of carbonyl (C=O) groups is 1. The van der Waals surface area contributed by atoms with Crippen LogP contribution in [0.1, 0.15) is 10.4 Å². The first kappa shape index (κ1) is 10.1. The fourth-order valence-electron chi connectivity index (χ4n) is 1.24. The highest BCUT2D eigenvalue weighted by Gasteiger charge is 2.06. The first-order valence-corrected chi connectivity index (χ1v) is 4.73. The lowest BCUT2D eigenvalue weighted by atomic mass is 10.2. The van der Waals surface area contributed by atoms with Gasteiger partial charge < -0.3 is 9.84 Å². The molecule has 0 radical (unpaired) electrons. The predicted octanol–water partition coefficient (Wildman–Crippen LogP) is 2.58. The van der Waals surface area contributed by atoms with Gasteiger partial charge in [0.2, 0.25) is 5.76 Å². The molecule has 0 aromatic heterocycles. The van der Waals surface area contributed by atoms with Crippen LogP contribution in [-0.4, -0.2) is 11.1 Å². The Bertz CT molecular complexity index is 478. The fourth-order valence-corrected chi connectivity index (χ4v) is 1.24. The Balaban J connectivity index is 2.11. The van der Waals surface area contributed by atoms with Crippen LogP contribution in [0, 0.1) is 6.08 Å². The molecule has 1 aliphatic carbocycles. The Morgan fingerprint density at radius 1 is 1.25 bits per heavy atom. The molecule has 3 heteroatoms. The first-order valence-electron chi connectivity index (χ1n) is 4.73. The van der Waals surface area contributed by atoms with Crippen molar-refractivity contribution in [2.45, 2.75) is 0 Å². The summed E-state index contributed by atoms with van der Waals surface area (Å²) in [5.41, 5.74) is 0.244. The molecule has 0 aliphatic heterocycles. The summed E-state index contributed by atoms with van der Waals surface area (Å²) in [6, 6.07) is 6.26. The van der Waals surface area contributed by atoms with Crippen LogP contribution >= 0.6 is 0 Å². The second-order valence-electron chi connectivity index (χ2n) is 3.17. The molecule has 0 bridgehead atoms. The predicted molar refractivity (Wildman–Crippen MR) is 59.1 cm³/mol. The summed E-state index contributed by atoms with van der Waals surface area (Å²) in [6.45, 7) is 0. The molecule has 1 aromatic carbocycles. The molecule has 0 spiro atoms. The van der Waals surface area contributed by atoms with Crippen molar-refractivity contribution < 1.29 is 14.6 Å². The van der Waals surface area contributed by atoms with Crippen molar-refractivity contribution in [1.82, 2.24) is 0 Å². The van der Waals surface area contributed by atoms with Gasteiger partial charge in [-0.2, -0.15) is 0 Å². The van der Waals surface area contributed by atoms with Gasteiger partial charge in [0, 0.05) is 6.08 Å². The van der Waals surface area contributed by atoms with E-state index < -0.39 is 5.97 Å². The minimum Gasteiger partial charge on any atom is -0.478 e. The van der Waals surface area contributed by atoms with E-state index in [0.717, 1.165) is 0 Å². The summed E-state index contributed by atoms with van der Waals surface area (Å²) in [4.78, 5) is 10.6. The molecule has 2 rings (SSSR count). The molecule has 0 heterocycles. The molecule has 0 unspecified atom stereocenters. The number of rotatable bonds is 3. The highest BCUT2D eigenvalue weighted by molar-refractivity contribution is 5.87. The summed E-state index contributed by atoms with van der Waals surface area (Å²) in [6.07, 6.45) is 9.95. The fraction of sp³-hybridized carbons (Fsp3) is 0. The zero-order valence-electron chi connectivity index (χ0n) is 8.38. The summed E-state index contributed by atoms with van der Waals surface area (Å²) in [5.74, 6) is 0.360. The largest absolute Gasteiger partial charge is 0.478 e. The van der Waals surface area contributed by atoms with Crippen molar-refractivity contribution >= 4 is 5.97 Å². The Labute approximate surface area is 93.0 Å². The van der Waals surface area contributed by atoms with E-state index in [2.05, 4.69) is 6.08 Å². The van der Waals surface area contributed by atoms with Gasteiger partial charge >= 0.3 is 5.97 Å². The summed E-state index contributed by atoms with van der Waals surface area (Å²) in [7, 11) is 0. The number of hydrogen-bond acceptors (Lipinski definition) is 2. The van der Waals surface area contributed by atoms with E-state index in [9.17, 15) is 4.79 Å². The number of aromatic carboxylic acids is 1. The van der Waals surface area contributed by atoms with Gasteiger partial charge in [0.05, 0.1) is 17.7 Å². The average molecular weight is 213 g/mol. The van der Waals surface area contributed by atoms with E-state index in [1.165, 1.54) is 12.1 Å². The van der Waals surface area contributed by atoms with Crippen molar-refractivity contribution in [3.8, 4) is 5.75 Å². The standard InChI is InChI=1S/C13H8O3/c14-13(15)10-6-8-12(9-7-10)16-11-4-2-1-3-5-11/h2-9H/p+1. The molecule has 3 nitrogen and oxygen atoms in total. The van der Waals surface area contributed by atoms with Gasteiger partial charge in [-0.05, 0) is 24.3 Å². The van der Waals surface area contributed by atoms with Crippen LogP contribution < -0.4 is 4.74 Å². The first-order chi connectivity index (χ1) is 7.75. The highest BCUT2D eigenvalue weighted by atomic mass is 16.5. The van der Waals surface area contributed by atoms with Crippen molar-refractivity contribution in [2.24, 2.45) is 0 Å². The topological polar surface area (TPSA) is 46.5 Å². The molecule has 0 atom stereocenters. The summed E-state index contributed by atoms with van der Waals surface area (Å²) < 4.78 is 5.50. The Kier molecular flexibility index (Phi) is 2.81. The van der Waals surface area contributed by atoms with E-state index in [1.54, 1.807) is 36.4 Å². The number of carboxylic acid groups (broad SMARTS) is 1. The monoisotopic (exact) mass is 213 g/mol. The molecule has 1 N–H and O–H groups in total. The SMILES string of the molecule is O=C(O)c1ccc(OC2=CC=[C+]C=C2)cc1. The molecule has 0 saturated carbocycles. The maximum absolute atomic E-state index is 10.6. The zero-order chi connectivity index (χ0) is 11.4. The second kappa shape index (κ2) is 4.43. The second-order valence-corrected chi connectivity index (χ2v) is 3.17. The van der Waals surface area contributed by atoms with Crippen molar-refractivity contribution in [3.63, 3.8) is 0 Å². The Hall–Kier alpha value is -2.38. The lowest BCUT2D eigenvalue weighted by Crippen LogP contribution is -1.97. The molecular formula is C13H9O3+. The summed E-state index contributed by atoms with van der Waals surface area (Å²) in [5, 5.41) is 8.72. The van der Waals surface area contributed by atoms with Gasteiger partial charge in [-0.15, -0.1) is 0 Å². The van der Waals surface area contributed by atoms with Gasteiger partial charge in [0.25, 0.3) is 0 Å². The minimum atomic E-state index is -0.944. The van der Waals surface area contributed by atoms with Crippen molar-refractivity contribution in [3.05, 3.63) is 66.0 Å². The Morgan fingerprint density at radius 3 is 2.56 bits per heavy atom. The molecule has 16 heavy (non-hydrogen) atoms. The third-order valence-corrected chi connectivity index (χ3v) is 2.02. The van der Waals surface area contributed by atoms with Crippen LogP contribution in [0.4, 0.5) is 0 Å². The third kappa shape index (κ3) is 2.35. The number of carboxylic acids is 1. The smallest absolute Gasteiger partial charge is 0.335 e. The van der Waals surface area contributed by atoms with Crippen LogP contribution in [-0.2, 0) is 0 Å². The highest BCUT2D eigenvalue weighted by Crippen LogP contribution is 2.16. The van der Waals surface area contributed by atoms with Gasteiger partial charge in [0.1, 0.15) is 17.9 Å². The van der Waals surface area contributed by atoms with E-state index in [4.69, 9.17) is 9.84 Å². The van der Waals surface area contributed by atoms with E-state index in [0.29, 0.717) is 11.5 Å². The van der Waals surface area contributed by atoms with Crippen LogP contribution in [0.2, 0.25) is 0 Å². The maximum atomic E-state index is 10.6. The number of benzene rings is 1.